The molecular weight excluding hydrogens is 468 g/mol. The summed E-state index contributed by atoms with van der Waals surface area (Å²) in [5.41, 5.74) is 4.12. The average molecular weight is 493 g/mol. The van der Waals surface area contributed by atoms with Crippen LogP contribution in [0.15, 0.2) is 60.8 Å². The van der Waals surface area contributed by atoms with Gasteiger partial charge in [0.2, 0.25) is 21.9 Å². The lowest BCUT2D eigenvalue weighted by atomic mass is 10.1. The maximum Gasteiger partial charge on any atom is 0.245 e. The van der Waals surface area contributed by atoms with Crippen molar-refractivity contribution in [2.24, 2.45) is 0 Å². The lowest BCUT2D eigenvalue weighted by molar-refractivity contribution is -0.116. The number of benzene rings is 2. The van der Waals surface area contributed by atoms with E-state index >= 15 is 0 Å². The number of hydrogen-bond donors (Lipinski definition) is 1. The second-order valence-electron chi connectivity index (χ2n) is 8.21. The second kappa shape index (κ2) is 8.58. The quantitative estimate of drug-likeness (QED) is 0.455. The minimum absolute atomic E-state index is 0.0564. The van der Waals surface area contributed by atoms with Crippen LogP contribution in [0.25, 0.3) is 16.8 Å². The lowest BCUT2D eigenvalue weighted by Crippen LogP contribution is -2.36. The molecule has 0 unspecified atom stereocenters. The fourth-order valence-electron chi connectivity index (χ4n) is 4.06. The molecule has 2 aromatic heterocycles. The van der Waals surface area contributed by atoms with Crippen LogP contribution in [0.4, 0.5) is 23.0 Å². The van der Waals surface area contributed by atoms with Crippen molar-refractivity contribution in [2.75, 3.05) is 41.0 Å². The smallest absolute Gasteiger partial charge is 0.245 e. The Bertz CT molecular complexity index is 1550. The maximum absolute atomic E-state index is 12.2. The highest BCUT2D eigenvalue weighted by atomic mass is 32.2. The number of sulfonamides is 1. The van der Waals surface area contributed by atoms with Gasteiger partial charge in [-0.3, -0.25) is 9.10 Å². The number of carbonyl (C=O) groups is 1. The standard InChI is InChI=1S/C24H24N6O4S/c1-16(31)29-12-13-34-23-11-8-17(14-22(23)29)26-24-25-15-18-9-10-21(30(18)27-24)19-6-4-5-7-20(19)28(2)35(3,32)33/h4-11,14-15H,12-13H2,1-3H3,(H,26,27). The lowest BCUT2D eigenvalue weighted by Gasteiger charge is -2.29. The summed E-state index contributed by atoms with van der Waals surface area (Å²) in [6.45, 7) is 2.46. The van der Waals surface area contributed by atoms with Gasteiger partial charge in [0.25, 0.3) is 0 Å². The van der Waals surface area contributed by atoms with E-state index in [1.165, 1.54) is 24.5 Å². The first kappa shape index (κ1) is 22.7. The van der Waals surface area contributed by atoms with Gasteiger partial charge in [0, 0.05) is 25.2 Å². The van der Waals surface area contributed by atoms with Crippen LogP contribution in [0.5, 0.6) is 5.75 Å². The minimum atomic E-state index is -3.45. The SMILES string of the molecule is CC(=O)N1CCOc2ccc(Nc3ncc4ccc(-c5ccccc5N(C)S(C)(=O)=O)n4n3)cc21. The summed E-state index contributed by atoms with van der Waals surface area (Å²) in [6, 6.07) is 16.5. The molecule has 0 spiro atoms. The first-order chi connectivity index (χ1) is 16.7. The predicted octanol–water partition coefficient (Wildman–Crippen LogP) is 3.28. The van der Waals surface area contributed by atoms with Gasteiger partial charge in [-0.05, 0) is 36.4 Å². The molecule has 10 nitrogen and oxygen atoms in total. The zero-order chi connectivity index (χ0) is 24.7. The number of nitrogens with zero attached hydrogens (tertiary/aromatic N) is 5. The fourth-order valence-corrected chi connectivity index (χ4v) is 4.57. The van der Waals surface area contributed by atoms with Gasteiger partial charge in [-0.1, -0.05) is 18.2 Å². The summed E-state index contributed by atoms with van der Waals surface area (Å²) in [4.78, 5) is 18.1. The molecule has 1 amide bonds. The number of ether oxygens (including phenoxy) is 1. The second-order valence-corrected chi connectivity index (χ2v) is 10.2. The van der Waals surface area contributed by atoms with Crippen LogP contribution in [0.3, 0.4) is 0 Å². The Hall–Kier alpha value is -4.12. The molecule has 2 aromatic carbocycles. The van der Waals surface area contributed by atoms with E-state index in [2.05, 4.69) is 15.4 Å². The Labute approximate surface area is 202 Å². The van der Waals surface area contributed by atoms with Crippen LogP contribution in [-0.4, -0.2) is 55.4 Å². The predicted molar refractivity (Wildman–Crippen MR) is 135 cm³/mol. The molecule has 0 atom stereocenters. The van der Waals surface area contributed by atoms with Crippen LogP contribution in [0, 0.1) is 0 Å². The number of para-hydroxylation sites is 1. The zero-order valence-electron chi connectivity index (χ0n) is 19.5. The van der Waals surface area contributed by atoms with Gasteiger partial charge < -0.3 is 15.0 Å². The molecule has 35 heavy (non-hydrogen) atoms. The van der Waals surface area contributed by atoms with E-state index in [-0.39, 0.29) is 5.91 Å². The zero-order valence-corrected chi connectivity index (χ0v) is 20.3. The molecule has 1 aliphatic rings. The molecule has 0 saturated heterocycles. The van der Waals surface area contributed by atoms with E-state index in [9.17, 15) is 13.2 Å². The maximum atomic E-state index is 12.2. The number of hydrogen-bond acceptors (Lipinski definition) is 7. The van der Waals surface area contributed by atoms with Gasteiger partial charge in [0.1, 0.15) is 12.4 Å². The molecule has 1 N–H and O–H groups in total. The van der Waals surface area contributed by atoms with Crippen molar-refractivity contribution in [1.82, 2.24) is 14.6 Å². The molecule has 0 fully saturated rings. The molecule has 3 heterocycles. The van der Waals surface area contributed by atoms with Crippen LogP contribution in [0.2, 0.25) is 0 Å². The van der Waals surface area contributed by atoms with Crippen molar-refractivity contribution in [3.8, 4) is 17.0 Å². The van der Waals surface area contributed by atoms with Crippen molar-refractivity contribution in [3.63, 3.8) is 0 Å². The summed E-state index contributed by atoms with van der Waals surface area (Å²) in [6.07, 6.45) is 2.85. The molecule has 5 rings (SSSR count). The van der Waals surface area contributed by atoms with Gasteiger partial charge in [0.15, 0.2) is 0 Å². The van der Waals surface area contributed by atoms with Crippen molar-refractivity contribution in [3.05, 3.63) is 60.8 Å². The number of fused-ring (bicyclic) bond motifs is 2. The van der Waals surface area contributed by atoms with Gasteiger partial charge in [-0.15, -0.1) is 5.10 Å². The highest BCUT2D eigenvalue weighted by molar-refractivity contribution is 7.92. The Balaban J connectivity index is 1.53. The van der Waals surface area contributed by atoms with Crippen molar-refractivity contribution in [2.45, 2.75) is 6.92 Å². The van der Waals surface area contributed by atoms with E-state index in [0.717, 1.165) is 11.2 Å². The Kier molecular flexibility index (Phi) is 5.56. The monoisotopic (exact) mass is 492 g/mol. The van der Waals surface area contributed by atoms with Crippen LogP contribution >= 0.6 is 0 Å². The number of amides is 1. The summed E-state index contributed by atoms with van der Waals surface area (Å²) < 4.78 is 33.0. The molecule has 0 radical (unpaired) electrons. The Morgan fingerprint density at radius 3 is 2.71 bits per heavy atom. The van der Waals surface area contributed by atoms with Gasteiger partial charge in [0.05, 0.1) is 41.6 Å². The third-order valence-corrected chi connectivity index (χ3v) is 7.07. The van der Waals surface area contributed by atoms with E-state index in [0.29, 0.717) is 47.5 Å². The normalized spacial score (nSPS) is 13.3. The highest BCUT2D eigenvalue weighted by Crippen LogP contribution is 2.35. The first-order valence-corrected chi connectivity index (χ1v) is 12.8. The average Bonchev–Trinajstić information content (AvgIpc) is 3.25. The van der Waals surface area contributed by atoms with Crippen LogP contribution in [-0.2, 0) is 14.8 Å². The Morgan fingerprint density at radius 2 is 1.94 bits per heavy atom. The minimum Gasteiger partial charge on any atom is -0.490 e. The van der Waals surface area contributed by atoms with Gasteiger partial charge in [-0.25, -0.2) is 17.9 Å². The van der Waals surface area contributed by atoms with E-state index in [1.807, 2.05) is 42.5 Å². The number of anilines is 4. The summed E-state index contributed by atoms with van der Waals surface area (Å²) >= 11 is 0. The first-order valence-electron chi connectivity index (χ1n) is 10.9. The van der Waals surface area contributed by atoms with E-state index in [4.69, 9.17) is 4.74 Å². The molecule has 0 bridgehead atoms. The van der Waals surface area contributed by atoms with Gasteiger partial charge in [-0.2, -0.15) is 0 Å². The molecular formula is C24H24N6O4S. The largest absolute Gasteiger partial charge is 0.490 e. The highest BCUT2D eigenvalue weighted by Gasteiger charge is 2.22. The fraction of sp³-hybridized carbons (Fsp3) is 0.208. The summed E-state index contributed by atoms with van der Waals surface area (Å²) in [7, 11) is -1.93. The molecule has 11 heteroatoms. The summed E-state index contributed by atoms with van der Waals surface area (Å²) in [5.74, 6) is 0.932. The number of carbonyl (C=O) groups excluding carboxylic acids is 1. The third kappa shape index (κ3) is 4.26. The van der Waals surface area contributed by atoms with E-state index in [1.54, 1.807) is 27.7 Å². The molecule has 0 saturated carbocycles. The number of nitrogens with one attached hydrogen (secondary N) is 1. The van der Waals surface area contributed by atoms with Crippen molar-refractivity contribution >= 4 is 44.5 Å². The number of rotatable bonds is 5. The number of aromatic nitrogens is 3. The third-order valence-electron chi connectivity index (χ3n) is 5.87. The summed E-state index contributed by atoms with van der Waals surface area (Å²) in [5, 5.41) is 7.84. The van der Waals surface area contributed by atoms with Gasteiger partial charge >= 0.3 is 0 Å². The molecule has 4 aromatic rings. The molecule has 180 valence electrons. The van der Waals surface area contributed by atoms with Crippen molar-refractivity contribution < 1.29 is 17.9 Å². The topological polar surface area (TPSA) is 109 Å². The molecule has 1 aliphatic heterocycles. The Morgan fingerprint density at radius 1 is 1.14 bits per heavy atom. The van der Waals surface area contributed by atoms with Crippen LogP contribution in [0.1, 0.15) is 6.92 Å². The van der Waals surface area contributed by atoms with Crippen LogP contribution < -0.4 is 19.3 Å². The van der Waals surface area contributed by atoms with Crippen molar-refractivity contribution in [1.29, 1.82) is 0 Å². The van der Waals surface area contributed by atoms with E-state index < -0.39 is 10.0 Å². The molecule has 0 aliphatic carbocycles.